The lowest BCUT2D eigenvalue weighted by atomic mass is 10.1. The fourth-order valence-electron chi connectivity index (χ4n) is 4.39. The van der Waals surface area contributed by atoms with E-state index in [4.69, 9.17) is 0 Å². The van der Waals surface area contributed by atoms with E-state index in [1.165, 1.54) is 122 Å². The van der Waals surface area contributed by atoms with Gasteiger partial charge in [0.15, 0.2) is 0 Å². The minimum absolute atomic E-state index is 0.329. The highest BCUT2D eigenvalue weighted by Gasteiger charge is 1.95. The van der Waals surface area contributed by atoms with E-state index < -0.39 is 0 Å². The third-order valence-corrected chi connectivity index (χ3v) is 6.99. The lowest BCUT2D eigenvalue weighted by Gasteiger charge is -1.99. The first-order valence-corrected chi connectivity index (χ1v) is 17.1. The van der Waals surface area contributed by atoms with E-state index in [-0.39, 0.29) is 0 Å². The molecule has 0 aliphatic rings. The molecule has 0 heterocycles. The number of unbranched alkanes of at least 4 members (excludes halogenated alkanes) is 17. The monoisotopic (exact) mass is 557 g/mol. The SMILES string of the molecule is CCCCC/C=C/C=C/CCCCCCCCC(C)=O.CCCCC/C=C\C/C=C\CCCCCCCC(C)=O. The first kappa shape index (κ1) is 40.4. The van der Waals surface area contributed by atoms with Crippen LogP contribution < -0.4 is 0 Å². The van der Waals surface area contributed by atoms with Gasteiger partial charge in [0.25, 0.3) is 0 Å². The zero-order valence-electron chi connectivity index (χ0n) is 27.4. The van der Waals surface area contributed by atoms with E-state index in [1.807, 2.05) is 0 Å². The number of allylic oxidation sites excluding steroid dienone is 8. The van der Waals surface area contributed by atoms with Gasteiger partial charge in [0.1, 0.15) is 11.6 Å². The molecular formula is C38H68O2. The molecular weight excluding hydrogens is 488 g/mol. The first-order chi connectivity index (χ1) is 19.5. The summed E-state index contributed by atoms with van der Waals surface area (Å²) in [6, 6.07) is 0. The number of rotatable bonds is 28. The van der Waals surface area contributed by atoms with E-state index in [0.717, 1.165) is 32.1 Å². The standard InChI is InChI=1S/2C19H34O/c2*1-3-4-5-6-7-8-9-10-11-12-13-14-15-16-17-18-19(2)20/h7-8,10-11H,3-6,9,12-18H2,1-2H3;7-10H,3-6,11-18H2,1-2H3/b8-7-,11-10-;8-7+,10-9+. The smallest absolute Gasteiger partial charge is 0.129 e. The van der Waals surface area contributed by atoms with E-state index in [0.29, 0.717) is 11.6 Å². The molecule has 0 N–H and O–H groups in total. The fraction of sp³-hybridized carbons (Fsp3) is 0.737. The number of ketones is 2. The van der Waals surface area contributed by atoms with Crippen molar-refractivity contribution < 1.29 is 9.59 Å². The van der Waals surface area contributed by atoms with Crippen LogP contribution in [0.4, 0.5) is 0 Å². The molecule has 0 bridgehead atoms. The second-order valence-corrected chi connectivity index (χ2v) is 11.4. The highest BCUT2D eigenvalue weighted by Crippen LogP contribution is 2.10. The Hall–Kier alpha value is -1.70. The molecule has 0 spiro atoms. The Morgan fingerprint density at radius 1 is 0.400 bits per heavy atom. The average molecular weight is 557 g/mol. The van der Waals surface area contributed by atoms with Crippen LogP contribution in [0.25, 0.3) is 0 Å². The summed E-state index contributed by atoms with van der Waals surface area (Å²) in [5.41, 5.74) is 0. The zero-order chi connectivity index (χ0) is 29.8. The van der Waals surface area contributed by atoms with Crippen molar-refractivity contribution in [1.82, 2.24) is 0 Å². The van der Waals surface area contributed by atoms with Crippen LogP contribution in [-0.2, 0) is 9.59 Å². The van der Waals surface area contributed by atoms with Gasteiger partial charge >= 0.3 is 0 Å². The van der Waals surface area contributed by atoms with Crippen molar-refractivity contribution in [3.63, 3.8) is 0 Å². The molecule has 2 nitrogen and oxygen atoms in total. The minimum Gasteiger partial charge on any atom is -0.300 e. The normalized spacial score (nSPS) is 11.7. The summed E-state index contributed by atoms with van der Waals surface area (Å²) >= 11 is 0. The fourth-order valence-corrected chi connectivity index (χ4v) is 4.39. The van der Waals surface area contributed by atoms with Crippen molar-refractivity contribution >= 4 is 11.6 Å². The van der Waals surface area contributed by atoms with Gasteiger partial charge in [-0.2, -0.15) is 0 Å². The second-order valence-electron chi connectivity index (χ2n) is 11.4. The molecule has 0 rings (SSSR count). The Bertz CT molecular complexity index is 638. The van der Waals surface area contributed by atoms with Crippen molar-refractivity contribution in [2.24, 2.45) is 0 Å². The maximum absolute atomic E-state index is 10.8. The molecule has 0 saturated heterocycles. The van der Waals surface area contributed by atoms with E-state index in [9.17, 15) is 9.59 Å². The summed E-state index contributed by atoms with van der Waals surface area (Å²) in [4.78, 5) is 21.5. The van der Waals surface area contributed by atoms with Crippen molar-refractivity contribution in [2.45, 2.75) is 182 Å². The van der Waals surface area contributed by atoms with Crippen LogP contribution in [0.2, 0.25) is 0 Å². The molecule has 0 aromatic carbocycles. The number of hydrogen-bond acceptors (Lipinski definition) is 2. The third-order valence-electron chi connectivity index (χ3n) is 6.99. The van der Waals surface area contributed by atoms with Crippen LogP contribution in [-0.4, -0.2) is 11.6 Å². The predicted molar refractivity (Wildman–Crippen MR) is 180 cm³/mol. The molecule has 40 heavy (non-hydrogen) atoms. The van der Waals surface area contributed by atoms with Gasteiger partial charge in [-0.1, -0.05) is 133 Å². The summed E-state index contributed by atoms with van der Waals surface area (Å²) < 4.78 is 0. The van der Waals surface area contributed by atoms with Crippen molar-refractivity contribution in [3.05, 3.63) is 48.6 Å². The molecule has 0 aliphatic carbocycles. The second kappa shape index (κ2) is 37.3. The Kier molecular flexibility index (Phi) is 37.7. The Morgan fingerprint density at radius 2 is 0.725 bits per heavy atom. The molecule has 0 radical (unpaired) electrons. The Morgan fingerprint density at radius 3 is 1.10 bits per heavy atom. The quantitative estimate of drug-likeness (QED) is 0.0545. The van der Waals surface area contributed by atoms with Gasteiger partial charge < -0.3 is 9.59 Å². The molecule has 2 heteroatoms. The maximum atomic E-state index is 10.8. The minimum atomic E-state index is 0.329. The van der Waals surface area contributed by atoms with Crippen LogP contribution in [0.15, 0.2) is 48.6 Å². The predicted octanol–water partition coefficient (Wildman–Crippen LogP) is 12.8. The molecule has 232 valence electrons. The summed E-state index contributed by atoms with van der Waals surface area (Å²) in [6.07, 6.45) is 47.3. The van der Waals surface area contributed by atoms with E-state index in [1.54, 1.807) is 13.8 Å². The highest BCUT2D eigenvalue weighted by molar-refractivity contribution is 5.75. The van der Waals surface area contributed by atoms with E-state index in [2.05, 4.69) is 62.5 Å². The Balaban J connectivity index is 0. The molecule has 0 aliphatic heterocycles. The molecule has 0 unspecified atom stereocenters. The van der Waals surface area contributed by atoms with Gasteiger partial charge in [0, 0.05) is 12.8 Å². The molecule has 0 fully saturated rings. The van der Waals surface area contributed by atoms with Gasteiger partial charge in [0.05, 0.1) is 0 Å². The maximum Gasteiger partial charge on any atom is 0.129 e. The number of hydrogen-bond donors (Lipinski definition) is 0. The van der Waals surface area contributed by atoms with Crippen LogP contribution >= 0.6 is 0 Å². The zero-order valence-corrected chi connectivity index (χ0v) is 27.4. The van der Waals surface area contributed by atoms with Gasteiger partial charge in [-0.3, -0.25) is 0 Å². The molecule has 0 aromatic rings. The van der Waals surface area contributed by atoms with Gasteiger partial charge in [-0.25, -0.2) is 0 Å². The van der Waals surface area contributed by atoms with Crippen molar-refractivity contribution in [1.29, 1.82) is 0 Å². The van der Waals surface area contributed by atoms with Gasteiger partial charge in [-0.15, -0.1) is 0 Å². The highest BCUT2D eigenvalue weighted by atomic mass is 16.1. The molecule has 0 amide bonds. The van der Waals surface area contributed by atoms with Crippen LogP contribution in [0.3, 0.4) is 0 Å². The summed E-state index contributed by atoms with van der Waals surface area (Å²) in [6.45, 7) is 7.86. The lowest BCUT2D eigenvalue weighted by Crippen LogP contribution is -1.89. The summed E-state index contributed by atoms with van der Waals surface area (Å²) in [5.74, 6) is 0.661. The Labute approximate surface area is 251 Å². The third kappa shape index (κ3) is 43.4. The van der Waals surface area contributed by atoms with Crippen molar-refractivity contribution in [2.75, 3.05) is 0 Å². The largest absolute Gasteiger partial charge is 0.300 e. The van der Waals surface area contributed by atoms with Crippen LogP contribution in [0, 0.1) is 0 Å². The van der Waals surface area contributed by atoms with Gasteiger partial charge in [0.2, 0.25) is 0 Å². The van der Waals surface area contributed by atoms with Crippen LogP contribution in [0.1, 0.15) is 182 Å². The van der Waals surface area contributed by atoms with Crippen molar-refractivity contribution in [3.8, 4) is 0 Å². The molecule has 0 saturated carbocycles. The lowest BCUT2D eigenvalue weighted by molar-refractivity contribution is -0.117. The number of carbonyl (C=O) groups is 2. The first-order valence-electron chi connectivity index (χ1n) is 17.1. The van der Waals surface area contributed by atoms with E-state index >= 15 is 0 Å². The summed E-state index contributed by atoms with van der Waals surface area (Å²) in [7, 11) is 0. The number of Topliss-reactive ketones (excluding diaryl/α,β-unsaturated/α-hetero) is 2. The average Bonchev–Trinajstić information content (AvgIpc) is 2.93. The molecule has 0 atom stereocenters. The van der Waals surface area contributed by atoms with Gasteiger partial charge in [-0.05, 0) is 84.5 Å². The summed E-state index contributed by atoms with van der Waals surface area (Å²) in [5, 5.41) is 0. The van der Waals surface area contributed by atoms with Crippen LogP contribution in [0.5, 0.6) is 0 Å². The number of carbonyl (C=O) groups excluding carboxylic acids is 2. The topological polar surface area (TPSA) is 34.1 Å². The molecule has 0 aromatic heterocycles.